The lowest BCUT2D eigenvalue weighted by atomic mass is 10.0. The van der Waals surface area contributed by atoms with Crippen molar-refractivity contribution in [2.75, 3.05) is 5.32 Å². The van der Waals surface area contributed by atoms with E-state index >= 15 is 0 Å². The van der Waals surface area contributed by atoms with Crippen LogP contribution in [0.5, 0.6) is 5.75 Å². The number of aryl methyl sites for hydroxylation is 1. The molecule has 1 aromatic heterocycles. The van der Waals surface area contributed by atoms with Gasteiger partial charge in [0.1, 0.15) is 11.4 Å². The Balaban J connectivity index is 1.74. The van der Waals surface area contributed by atoms with Gasteiger partial charge in [-0.3, -0.25) is 0 Å². The first-order valence-corrected chi connectivity index (χ1v) is 7.48. The highest BCUT2D eigenvalue weighted by atomic mass is 35.5. The maximum Gasteiger partial charge on any atom is 0.152 e. The van der Waals surface area contributed by atoms with E-state index in [1.54, 1.807) is 6.20 Å². The fourth-order valence-electron chi connectivity index (χ4n) is 2.65. The molecule has 4 heteroatoms. The highest BCUT2D eigenvalue weighted by Gasteiger charge is 2.29. The number of nitrogens with one attached hydrogen (secondary N) is 1. The van der Waals surface area contributed by atoms with Crippen LogP contribution in [0.2, 0.25) is 5.15 Å². The second-order valence-electron chi connectivity index (χ2n) is 6.19. The Morgan fingerprint density at radius 1 is 1.33 bits per heavy atom. The predicted octanol–water partition coefficient (Wildman–Crippen LogP) is 4.37. The molecule has 0 bridgehead atoms. The first-order chi connectivity index (χ1) is 9.93. The zero-order chi connectivity index (χ0) is 15.0. The molecule has 0 amide bonds. The van der Waals surface area contributed by atoms with Crippen LogP contribution in [0.3, 0.4) is 0 Å². The smallest absolute Gasteiger partial charge is 0.152 e. The summed E-state index contributed by atoms with van der Waals surface area (Å²) in [5.41, 5.74) is 4.35. The number of anilines is 1. The SMILES string of the molecule is Cc1cnc(Cl)c(NCc2ccc3c(c2)CC(C)(C)O3)c1. The average Bonchev–Trinajstić information content (AvgIpc) is 2.72. The maximum absolute atomic E-state index is 6.10. The van der Waals surface area contributed by atoms with Crippen LogP contribution in [-0.4, -0.2) is 10.6 Å². The molecule has 21 heavy (non-hydrogen) atoms. The number of hydrogen-bond acceptors (Lipinski definition) is 3. The summed E-state index contributed by atoms with van der Waals surface area (Å²) in [4.78, 5) is 4.15. The molecule has 3 nitrogen and oxygen atoms in total. The number of ether oxygens (including phenoxy) is 1. The Hall–Kier alpha value is -1.74. The van der Waals surface area contributed by atoms with E-state index in [-0.39, 0.29) is 5.60 Å². The Morgan fingerprint density at radius 2 is 2.14 bits per heavy atom. The van der Waals surface area contributed by atoms with Gasteiger partial charge in [0, 0.05) is 19.2 Å². The van der Waals surface area contributed by atoms with Crippen molar-refractivity contribution in [3.05, 3.63) is 52.3 Å². The monoisotopic (exact) mass is 302 g/mol. The number of rotatable bonds is 3. The Morgan fingerprint density at radius 3 is 2.95 bits per heavy atom. The van der Waals surface area contributed by atoms with Gasteiger partial charge in [-0.2, -0.15) is 0 Å². The lowest BCUT2D eigenvalue weighted by molar-refractivity contribution is 0.138. The average molecular weight is 303 g/mol. The van der Waals surface area contributed by atoms with E-state index in [0.717, 1.165) is 30.0 Å². The van der Waals surface area contributed by atoms with Crippen LogP contribution in [0.25, 0.3) is 0 Å². The molecule has 1 aliphatic rings. The Labute approximate surface area is 130 Å². The zero-order valence-electron chi connectivity index (χ0n) is 12.5. The minimum Gasteiger partial charge on any atom is -0.487 e. The van der Waals surface area contributed by atoms with Gasteiger partial charge in [-0.05, 0) is 49.6 Å². The molecule has 0 saturated carbocycles. The van der Waals surface area contributed by atoms with Crippen molar-refractivity contribution in [3.8, 4) is 5.75 Å². The van der Waals surface area contributed by atoms with Gasteiger partial charge in [0.2, 0.25) is 0 Å². The first kappa shape index (κ1) is 14.2. The van der Waals surface area contributed by atoms with Gasteiger partial charge in [0.25, 0.3) is 0 Å². The third-order valence-corrected chi connectivity index (χ3v) is 3.89. The molecule has 3 rings (SSSR count). The van der Waals surface area contributed by atoms with Crippen molar-refractivity contribution in [1.82, 2.24) is 4.98 Å². The molecule has 0 fully saturated rings. The molecule has 0 unspecified atom stereocenters. The van der Waals surface area contributed by atoms with E-state index in [2.05, 4.69) is 42.3 Å². The summed E-state index contributed by atoms with van der Waals surface area (Å²) in [6.07, 6.45) is 2.71. The number of fused-ring (bicyclic) bond motifs is 1. The summed E-state index contributed by atoms with van der Waals surface area (Å²) in [5.74, 6) is 0.999. The normalized spacial score (nSPS) is 15.4. The fourth-order valence-corrected chi connectivity index (χ4v) is 2.82. The molecule has 2 aromatic rings. The highest BCUT2D eigenvalue weighted by Crippen LogP contribution is 2.35. The fraction of sp³-hybridized carbons (Fsp3) is 0.353. The summed E-state index contributed by atoms with van der Waals surface area (Å²) in [6, 6.07) is 8.35. The minimum absolute atomic E-state index is 0.0991. The molecule has 1 aromatic carbocycles. The van der Waals surface area contributed by atoms with Gasteiger partial charge < -0.3 is 10.1 Å². The number of pyridine rings is 1. The van der Waals surface area contributed by atoms with E-state index in [1.807, 2.05) is 13.0 Å². The molecule has 0 saturated heterocycles. The van der Waals surface area contributed by atoms with Crippen LogP contribution in [-0.2, 0) is 13.0 Å². The Kier molecular flexibility index (Phi) is 3.54. The third-order valence-electron chi connectivity index (χ3n) is 3.59. The standard InChI is InChI=1S/C17H19ClN2O/c1-11-6-14(16(18)20-9-11)19-10-12-4-5-15-13(7-12)8-17(2,3)21-15/h4-7,9,19H,8,10H2,1-3H3. The van der Waals surface area contributed by atoms with Crippen LogP contribution >= 0.6 is 11.6 Å². The van der Waals surface area contributed by atoms with Crippen molar-refractivity contribution < 1.29 is 4.74 Å². The van der Waals surface area contributed by atoms with Crippen LogP contribution in [0, 0.1) is 6.92 Å². The van der Waals surface area contributed by atoms with Crippen molar-refractivity contribution in [2.24, 2.45) is 0 Å². The first-order valence-electron chi connectivity index (χ1n) is 7.10. The summed E-state index contributed by atoms with van der Waals surface area (Å²) < 4.78 is 5.90. The van der Waals surface area contributed by atoms with Crippen LogP contribution in [0.15, 0.2) is 30.5 Å². The molecule has 2 heterocycles. The number of nitrogens with zero attached hydrogens (tertiary/aromatic N) is 1. The molecule has 0 radical (unpaired) electrons. The van der Waals surface area contributed by atoms with Crippen molar-refractivity contribution in [2.45, 2.75) is 39.3 Å². The molecule has 110 valence electrons. The molecule has 1 aliphatic heterocycles. The largest absolute Gasteiger partial charge is 0.487 e. The van der Waals surface area contributed by atoms with E-state index in [0.29, 0.717) is 5.15 Å². The second kappa shape index (κ2) is 5.23. The van der Waals surface area contributed by atoms with Gasteiger partial charge >= 0.3 is 0 Å². The lowest BCUT2D eigenvalue weighted by Crippen LogP contribution is -2.24. The summed E-state index contributed by atoms with van der Waals surface area (Å²) in [5, 5.41) is 3.85. The molecular weight excluding hydrogens is 284 g/mol. The van der Waals surface area contributed by atoms with Crippen LogP contribution < -0.4 is 10.1 Å². The third kappa shape index (κ3) is 3.13. The quantitative estimate of drug-likeness (QED) is 0.855. The molecule has 1 N–H and O–H groups in total. The predicted molar refractivity (Wildman–Crippen MR) is 86.2 cm³/mol. The topological polar surface area (TPSA) is 34.2 Å². The van der Waals surface area contributed by atoms with Gasteiger partial charge in [-0.1, -0.05) is 23.7 Å². The molecule has 0 aliphatic carbocycles. The van der Waals surface area contributed by atoms with Crippen molar-refractivity contribution >= 4 is 17.3 Å². The summed E-state index contributed by atoms with van der Waals surface area (Å²) in [7, 11) is 0. The van der Waals surface area contributed by atoms with Gasteiger partial charge in [0.05, 0.1) is 5.69 Å². The highest BCUT2D eigenvalue weighted by molar-refractivity contribution is 6.31. The van der Waals surface area contributed by atoms with Crippen molar-refractivity contribution in [1.29, 1.82) is 0 Å². The molecule has 0 spiro atoms. The van der Waals surface area contributed by atoms with Crippen LogP contribution in [0.1, 0.15) is 30.5 Å². The number of aromatic nitrogens is 1. The number of hydrogen-bond donors (Lipinski definition) is 1. The summed E-state index contributed by atoms with van der Waals surface area (Å²) >= 11 is 6.10. The van der Waals surface area contributed by atoms with Gasteiger partial charge in [-0.15, -0.1) is 0 Å². The van der Waals surface area contributed by atoms with Crippen molar-refractivity contribution in [3.63, 3.8) is 0 Å². The number of halogens is 1. The Bertz CT molecular complexity index is 682. The number of benzene rings is 1. The zero-order valence-corrected chi connectivity index (χ0v) is 13.3. The van der Waals surface area contributed by atoms with E-state index in [4.69, 9.17) is 16.3 Å². The van der Waals surface area contributed by atoms with E-state index in [9.17, 15) is 0 Å². The van der Waals surface area contributed by atoms with Gasteiger partial charge in [-0.25, -0.2) is 4.98 Å². The second-order valence-corrected chi connectivity index (χ2v) is 6.54. The molecular formula is C17H19ClN2O. The van der Waals surface area contributed by atoms with Gasteiger partial charge in [0.15, 0.2) is 5.15 Å². The van der Waals surface area contributed by atoms with E-state index in [1.165, 1.54) is 11.1 Å². The maximum atomic E-state index is 6.10. The minimum atomic E-state index is -0.0991. The lowest BCUT2D eigenvalue weighted by Gasteiger charge is -2.16. The summed E-state index contributed by atoms with van der Waals surface area (Å²) in [6.45, 7) is 6.95. The van der Waals surface area contributed by atoms with E-state index < -0.39 is 0 Å². The molecule has 0 atom stereocenters. The van der Waals surface area contributed by atoms with Crippen LogP contribution in [0.4, 0.5) is 5.69 Å².